The van der Waals surface area contributed by atoms with Crippen LogP contribution in [0, 0.1) is 11.8 Å². The highest BCUT2D eigenvalue weighted by molar-refractivity contribution is 6.33. The molecule has 0 amide bonds. The third-order valence-electron chi connectivity index (χ3n) is 5.13. The van der Waals surface area contributed by atoms with Crippen LogP contribution in [-0.4, -0.2) is 45.6 Å². The predicted molar refractivity (Wildman–Crippen MR) is 111 cm³/mol. The quantitative estimate of drug-likeness (QED) is 0.257. The molecule has 0 bridgehead atoms. The van der Waals surface area contributed by atoms with Gasteiger partial charge in [-0.1, -0.05) is 58.8 Å². The Labute approximate surface area is 173 Å². The minimum atomic E-state index is -1.26. The van der Waals surface area contributed by atoms with Crippen molar-refractivity contribution in [1.29, 1.82) is 0 Å². The van der Waals surface area contributed by atoms with Gasteiger partial charge in [-0.05, 0) is 31.6 Å². The van der Waals surface area contributed by atoms with Crippen LogP contribution in [0.3, 0.4) is 0 Å². The summed E-state index contributed by atoms with van der Waals surface area (Å²) in [4.78, 5) is 40.4. The van der Waals surface area contributed by atoms with Gasteiger partial charge in [0.1, 0.15) is 6.04 Å². The molecule has 29 heavy (non-hydrogen) atoms. The SMILES string of the molecule is C.N.N[C@H](C(=O)O)C1CCCCCC1.O=C(O)C(=O)C1CCCCCC1.O=CO. The molecule has 0 aromatic rings. The number of carboxylic acid groups (broad SMARTS) is 3. The van der Waals surface area contributed by atoms with Gasteiger partial charge in [0, 0.05) is 5.92 Å². The number of rotatable bonds is 4. The van der Waals surface area contributed by atoms with Crippen LogP contribution in [0.15, 0.2) is 0 Å². The summed E-state index contributed by atoms with van der Waals surface area (Å²) in [6.07, 6.45) is 12.6. The van der Waals surface area contributed by atoms with Gasteiger partial charge in [0.2, 0.25) is 5.78 Å². The Morgan fingerprint density at radius 3 is 1.48 bits per heavy atom. The smallest absolute Gasteiger partial charge is 0.372 e. The molecule has 9 heteroatoms. The molecule has 0 saturated heterocycles. The van der Waals surface area contributed by atoms with Crippen LogP contribution in [0.5, 0.6) is 0 Å². The molecule has 0 aromatic carbocycles. The van der Waals surface area contributed by atoms with Crippen molar-refractivity contribution in [2.45, 2.75) is 90.5 Å². The van der Waals surface area contributed by atoms with E-state index in [4.69, 9.17) is 25.8 Å². The van der Waals surface area contributed by atoms with Crippen molar-refractivity contribution < 1.29 is 34.5 Å². The fourth-order valence-electron chi connectivity index (χ4n) is 3.59. The van der Waals surface area contributed by atoms with Gasteiger partial charge in [-0.3, -0.25) is 14.4 Å². The molecule has 9 nitrogen and oxygen atoms in total. The summed E-state index contributed by atoms with van der Waals surface area (Å²) >= 11 is 0. The first-order valence-electron chi connectivity index (χ1n) is 9.68. The van der Waals surface area contributed by atoms with Crippen LogP contribution in [-0.2, 0) is 19.2 Å². The van der Waals surface area contributed by atoms with Crippen LogP contribution in [0.1, 0.15) is 84.5 Å². The summed E-state index contributed by atoms with van der Waals surface area (Å²) in [5, 5.41) is 24.1. The van der Waals surface area contributed by atoms with Crippen LogP contribution < -0.4 is 11.9 Å². The second-order valence-corrected chi connectivity index (χ2v) is 7.08. The van der Waals surface area contributed by atoms with Crippen LogP contribution >= 0.6 is 0 Å². The standard InChI is InChI=1S/C9H17NO2.C9H14O3.CH2O2.CH4.H3N/c2*10-8(9(11)12)7-5-3-1-2-4-6-7;2-1-3;;/h7-8H,1-6,10H2,(H,11,12);7H,1-6H2,(H,11,12);1H,(H,2,3);1H4;1H3/t8-;;;;/m0..../s1. The van der Waals surface area contributed by atoms with Gasteiger partial charge in [-0.15, -0.1) is 0 Å². The Balaban J connectivity index is -0.000000387. The molecule has 0 radical (unpaired) electrons. The monoisotopic (exact) mass is 420 g/mol. The van der Waals surface area contributed by atoms with Gasteiger partial charge in [-0.2, -0.15) is 0 Å². The average molecular weight is 421 g/mol. The predicted octanol–water partition coefficient (Wildman–Crippen LogP) is 3.48. The van der Waals surface area contributed by atoms with Gasteiger partial charge >= 0.3 is 11.9 Å². The fourth-order valence-corrected chi connectivity index (χ4v) is 3.59. The van der Waals surface area contributed by atoms with Crippen molar-refractivity contribution in [1.82, 2.24) is 6.15 Å². The summed E-state index contributed by atoms with van der Waals surface area (Å²) in [5.74, 6) is -2.68. The lowest BCUT2D eigenvalue weighted by molar-refractivity contribution is -0.151. The molecule has 0 aromatic heterocycles. The summed E-state index contributed by atoms with van der Waals surface area (Å²) in [6, 6.07) is -0.636. The number of nitrogens with two attached hydrogens (primary N) is 1. The minimum Gasteiger partial charge on any atom is -0.483 e. The summed E-state index contributed by atoms with van der Waals surface area (Å²) in [6.45, 7) is -0.250. The number of aliphatic carboxylic acids is 2. The molecule has 1 atom stereocenters. The Hall–Kier alpha value is -2.00. The van der Waals surface area contributed by atoms with E-state index in [9.17, 15) is 14.4 Å². The third-order valence-corrected chi connectivity index (χ3v) is 5.13. The molecule has 2 aliphatic carbocycles. The van der Waals surface area contributed by atoms with E-state index in [-0.39, 0.29) is 31.9 Å². The van der Waals surface area contributed by atoms with E-state index in [0.717, 1.165) is 64.2 Å². The van der Waals surface area contributed by atoms with E-state index in [1.54, 1.807) is 0 Å². The molecular formula is C20H40N2O7. The van der Waals surface area contributed by atoms with E-state index >= 15 is 0 Å². The number of ketones is 1. The van der Waals surface area contributed by atoms with Gasteiger partial charge in [0.15, 0.2) is 0 Å². The normalized spacial score (nSPS) is 18.2. The fraction of sp³-hybridized carbons (Fsp3) is 0.800. The van der Waals surface area contributed by atoms with E-state index < -0.39 is 23.8 Å². The zero-order valence-electron chi connectivity index (χ0n) is 16.6. The molecule has 2 aliphatic rings. The molecule has 8 N–H and O–H groups in total. The average Bonchev–Trinajstić information content (AvgIpc) is 3.06. The second kappa shape index (κ2) is 19.3. The number of carbonyl (C=O) groups excluding carboxylic acids is 1. The van der Waals surface area contributed by atoms with E-state index in [1.807, 2.05) is 0 Å². The molecule has 0 heterocycles. The van der Waals surface area contributed by atoms with Crippen molar-refractivity contribution in [3.63, 3.8) is 0 Å². The molecule has 0 aliphatic heterocycles. The maximum atomic E-state index is 11.1. The van der Waals surface area contributed by atoms with E-state index in [0.29, 0.717) is 0 Å². The Morgan fingerprint density at radius 1 is 0.828 bits per heavy atom. The number of Topliss-reactive ketones (excluding diaryl/α,β-unsaturated/α-hetero) is 1. The van der Waals surface area contributed by atoms with E-state index in [2.05, 4.69) is 0 Å². The molecule has 0 unspecified atom stereocenters. The zero-order valence-corrected chi connectivity index (χ0v) is 16.6. The molecule has 0 spiro atoms. The minimum absolute atomic E-state index is 0. The lowest BCUT2D eigenvalue weighted by atomic mass is 9.93. The molecule has 2 saturated carbocycles. The number of carboxylic acids is 2. The topological polar surface area (TPSA) is 190 Å². The van der Waals surface area contributed by atoms with Crippen molar-refractivity contribution in [3.05, 3.63) is 0 Å². The van der Waals surface area contributed by atoms with Crippen molar-refractivity contribution in [2.75, 3.05) is 0 Å². The van der Waals surface area contributed by atoms with Gasteiger partial charge in [-0.25, -0.2) is 4.79 Å². The van der Waals surface area contributed by atoms with Gasteiger partial charge in [0.25, 0.3) is 6.47 Å². The largest absolute Gasteiger partial charge is 0.483 e. The number of carbonyl (C=O) groups is 4. The first-order chi connectivity index (χ1) is 12.8. The van der Waals surface area contributed by atoms with Crippen molar-refractivity contribution in [2.24, 2.45) is 17.6 Å². The lowest BCUT2D eigenvalue weighted by Gasteiger charge is -2.17. The lowest BCUT2D eigenvalue weighted by Crippen LogP contribution is -2.37. The Morgan fingerprint density at radius 2 is 1.17 bits per heavy atom. The van der Waals surface area contributed by atoms with Gasteiger partial charge in [0.05, 0.1) is 0 Å². The summed E-state index contributed by atoms with van der Waals surface area (Å²) in [5.41, 5.74) is 5.56. The van der Waals surface area contributed by atoms with Crippen LogP contribution in [0.4, 0.5) is 0 Å². The molecule has 2 rings (SSSR count). The van der Waals surface area contributed by atoms with Crippen LogP contribution in [0.25, 0.3) is 0 Å². The van der Waals surface area contributed by atoms with Crippen LogP contribution in [0.2, 0.25) is 0 Å². The maximum absolute atomic E-state index is 11.1. The highest BCUT2D eigenvalue weighted by Crippen LogP contribution is 2.25. The number of hydrogen-bond acceptors (Lipinski definition) is 6. The molecule has 2 fully saturated rings. The number of hydrogen-bond donors (Lipinski definition) is 5. The zero-order chi connectivity index (χ0) is 20.7. The summed E-state index contributed by atoms with van der Waals surface area (Å²) < 4.78 is 0. The van der Waals surface area contributed by atoms with Crippen molar-refractivity contribution in [3.8, 4) is 0 Å². The summed E-state index contributed by atoms with van der Waals surface area (Å²) in [7, 11) is 0. The van der Waals surface area contributed by atoms with Crippen molar-refractivity contribution >= 4 is 24.2 Å². The van der Waals surface area contributed by atoms with Gasteiger partial charge < -0.3 is 27.2 Å². The molecular weight excluding hydrogens is 380 g/mol. The van der Waals surface area contributed by atoms with E-state index in [1.165, 1.54) is 12.8 Å². The first-order valence-corrected chi connectivity index (χ1v) is 9.68. The Bertz CT molecular complexity index is 456. The third kappa shape index (κ3) is 14.6. The highest BCUT2D eigenvalue weighted by Gasteiger charge is 2.25. The first kappa shape index (κ1) is 31.7. The highest BCUT2D eigenvalue weighted by atomic mass is 16.4. The maximum Gasteiger partial charge on any atom is 0.372 e. The Kier molecular flexibility index (Phi) is 21.1. The second-order valence-electron chi connectivity index (χ2n) is 7.08. The molecule has 172 valence electrons.